The third kappa shape index (κ3) is 4.76. The minimum atomic E-state index is -0.224. The van der Waals surface area contributed by atoms with Crippen LogP contribution in [0.5, 0.6) is 0 Å². The first-order valence-electron chi connectivity index (χ1n) is 5.86. The van der Waals surface area contributed by atoms with Crippen LogP contribution >= 0.6 is 22.6 Å². The maximum absolute atomic E-state index is 11.6. The number of aldehydes is 1. The van der Waals surface area contributed by atoms with E-state index in [1.54, 1.807) is 6.92 Å². The number of carbonyl (C=O) groups excluding carboxylic acids is 2. The predicted octanol–water partition coefficient (Wildman–Crippen LogP) is 3.49. The Labute approximate surface area is 121 Å². The highest BCUT2D eigenvalue weighted by molar-refractivity contribution is 14.1. The number of hydrogen-bond acceptors (Lipinski definition) is 3. The van der Waals surface area contributed by atoms with Crippen LogP contribution in [0.3, 0.4) is 0 Å². The van der Waals surface area contributed by atoms with Crippen LogP contribution < -0.4 is 0 Å². The first-order valence-corrected chi connectivity index (χ1v) is 7.11. The van der Waals surface area contributed by atoms with Gasteiger partial charge in [0.05, 0.1) is 0 Å². The third-order valence-electron chi connectivity index (χ3n) is 2.68. The lowest BCUT2D eigenvalue weighted by Crippen LogP contribution is -2.08. The van der Waals surface area contributed by atoms with Crippen LogP contribution in [0, 0.1) is 0 Å². The molecule has 0 aromatic carbocycles. The molecule has 1 unspecified atom stereocenters. The zero-order valence-electron chi connectivity index (χ0n) is 10.6. The Balaban J connectivity index is 2.52. The molecule has 1 atom stereocenters. The number of cyclic esters (lactones) is 1. The Kier molecular flexibility index (Phi) is 6.32. The second-order valence-electron chi connectivity index (χ2n) is 4.40. The van der Waals surface area contributed by atoms with E-state index in [2.05, 4.69) is 22.6 Å². The van der Waals surface area contributed by atoms with Gasteiger partial charge in [0.1, 0.15) is 12.4 Å². The topological polar surface area (TPSA) is 43.4 Å². The highest BCUT2D eigenvalue weighted by atomic mass is 127. The van der Waals surface area contributed by atoms with E-state index in [9.17, 15) is 9.59 Å². The Morgan fingerprint density at radius 1 is 1.50 bits per heavy atom. The summed E-state index contributed by atoms with van der Waals surface area (Å²) in [6.07, 6.45) is 6.50. The van der Waals surface area contributed by atoms with Crippen LogP contribution in [0.25, 0.3) is 0 Å². The van der Waals surface area contributed by atoms with E-state index in [4.69, 9.17) is 4.74 Å². The summed E-state index contributed by atoms with van der Waals surface area (Å²) in [6.45, 7) is 3.77. The molecule has 0 spiro atoms. The minimum absolute atomic E-state index is 0.130. The largest absolute Gasteiger partial charge is 0.454 e. The van der Waals surface area contributed by atoms with Crippen LogP contribution in [0.2, 0.25) is 0 Å². The summed E-state index contributed by atoms with van der Waals surface area (Å²) in [7, 11) is 0. The zero-order chi connectivity index (χ0) is 13.5. The van der Waals surface area contributed by atoms with Crippen LogP contribution in [0.15, 0.2) is 33.0 Å². The summed E-state index contributed by atoms with van der Waals surface area (Å²) in [6, 6.07) is 0. The van der Waals surface area contributed by atoms with Crippen LogP contribution in [-0.2, 0) is 14.3 Å². The Bertz CT molecular complexity index is 419. The van der Waals surface area contributed by atoms with Crippen molar-refractivity contribution in [1.29, 1.82) is 0 Å². The average molecular weight is 360 g/mol. The van der Waals surface area contributed by atoms with Crippen molar-refractivity contribution >= 4 is 34.8 Å². The van der Waals surface area contributed by atoms with E-state index in [0.29, 0.717) is 18.4 Å². The molecule has 0 fully saturated rings. The Morgan fingerprint density at radius 2 is 2.22 bits per heavy atom. The van der Waals surface area contributed by atoms with Gasteiger partial charge in [-0.1, -0.05) is 34.2 Å². The van der Waals surface area contributed by atoms with Crippen molar-refractivity contribution in [3.63, 3.8) is 0 Å². The summed E-state index contributed by atoms with van der Waals surface area (Å²) in [5.74, 6) is -0.224. The Morgan fingerprint density at radius 3 is 2.83 bits per heavy atom. The quantitative estimate of drug-likeness (QED) is 0.315. The predicted molar refractivity (Wildman–Crippen MR) is 79.4 cm³/mol. The first-order chi connectivity index (χ1) is 8.56. The number of carbonyl (C=O) groups is 2. The molecule has 3 nitrogen and oxygen atoms in total. The van der Waals surface area contributed by atoms with E-state index >= 15 is 0 Å². The van der Waals surface area contributed by atoms with Gasteiger partial charge in [0.15, 0.2) is 0 Å². The number of allylic oxidation sites excluding steroid dienone is 2. The minimum Gasteiger partial charge on any atom is -0.454 e. The number of halogens is 1. The van der Waals surface area contributed by atoms with Crippen LogP contribution in [0.4, 0.5) is 0 Å². The molecule has 1 rings (SSSR count). The van der Waals surface area contributed by atoms with Crippen molar-refractivity contribution in [2.24, 2.45) is 0 Å². The van der Waals surface area contributed by atoms with Crippen molar-refractivity contribution in [2.75, 3.05) is 0 Å². The number of ether oxygens (including phenoxy) is 1. The van der Waals surface area contributed by atoms with Gasteiger partial charge in [0.2, 0.25) is 0 Å². The molecule has 0 radical (unpaired) electrons. The zero-order valence-corrected chi connectivity index (χ0v) is 12.8. The molecule has 0 bridgehead atoms. The van der Waals surface area contributed by atoms with E-state index in [0.717, 1.165) is 18.3 Å². The van der Waals surface area contributed by atoms with E-state index in [1.807, 2.05) is 23.2 Å². The molecular formula is C14H17IO3. The molecule has 1 aliphatic heterocycles. The van der Waals surface area contributed by atoms with Gasteiger partial charge in [0.25, 0.3) is 0 Å². The van der Waals surface area contributed by atoms with Gasteiger partial charge in [0, 0.05) is 12.0 Å². The molecule has 1 aliphatic rings. The summed E-state index contributed by atoms with van der Waals surface area (Å²) in [5, 5.41) is 0. The molecule has 0 aromatic heterocycles. The summed E-state index contributed by atoms with van der Waals surface area (Å²) >= 11 is 2.18. The van der Waals surface area contributed by atoms with Gasteiger partial charge in [-0.15, -0.1) is 0 Å². The van der Waals surface area contributed by atoms with Gasteiger partial charge in [-0.25, -0.2) is 4.79 Å². The monoisotopic (exact) mass is 360 g/mol. The summed E-state index contributed by atoms with van der Waals surface area (Å²) < 4.78 is 7.26. The van der Waals surface area contributed by atoms with E-state index < -0.39 is 0 Å². The van der Waals surface area contributed by atoms with Crippen molar-refractivity contribution < 1.29 is 14.3 Å². The number of esters is 1. The van der Waals surface area contributed by atoms with Gasteiger partial charge in [-0.3, -0.25) is 4.79 Å². The summed E-state index contributed by atoms with van der Waals surface area (Å²) in [5.41, 5.74) is 2.61. The highest BCUT2D eigenvalue weighted by Crippen LogP contribution is 2.23. The lowest BCUT2D eigenvalue weighted by molar-refractivity contribution is -0.139. The number of hydrogen-bond donors (Lipinski definition) is 0. The highest BCUT2D eigenvalue weighted by Gasteiger charge is 2.24. The molecule has 18 heavy (non-hydrogen) atoms. The normalized spacial score (nSPS) is 20.7. The third-order valence-corrected chi connectivity index (χ3v) is 3.75. The molecule has 0 amide bonds. The fourth-order valence-electron chi connectivity index (χ4n) is 1.69. The number of rotatable bonds is 6. The Hall–Kier alpha value is -0.910. The van der Waals surface area contributed by atoms with Crippen molar-refractivity contribution in [1.82, 2.24) is 0 Å². The molecule has 1 heterocycles. The molecule has 4 heteroatoms. The lowest BCUT2D eigenvalue weighted by atomic mass is 10.1. The molecule has 0 N–H and O–H groups in total. The van der Waals surface area contributed by atoms with Crippen LogP contribution in [-0.4, -0.2) is 18.4 Å². The summed E-state index contributed by atoms with van der Waals surface area (Å²) in [4.78, 5) is 22.0. The first kappa shape index (κ1) is 15.1. The molecule has 0 saturated carbocycles. The van der Waals surface area contributed by atoms with Crippen molar-refractivity contribution in [3.05, 3.63) is 33.0 Å². The van der Waals surface area contributed by atoms with Gasteiger partial charge in [-0.05, 0) is 42.4 Å². The fourth-order valence-corrected chi connectivity index (χ4v) is 1.95. The lowest BCUT2D eigenvalue weighted by Gasteiger charge is -2.06. The molecule has 0 aliphatic carbocycles. The molecule has 98 valence electrons. The van der Waals surface area contributed by atoms with Gasteiger partial charge < -0.3 is 4.74 Å². The molecule has 0 aromatic rings. The van der Waals surface area contributed by atoms with E-state index in [-0.39, 0.29) is 12.1 Å². The molecule has 0 saturated heterocycles. The standard InChI is InChI=1S/C14H17IO3/c1-10(9-16)4-3-5-12-7-13(18-14(12)17)6-11(2)8-15/h4,7-9,13H,3,5-6H2,1-2H3/b10-4+,11-8-. The van der Waals surface area contributed by atoms with Gasteiger partial charge >= 0.3 is 5.97 Å². The second-order valence-corrected chi connectivity index (χ2v) is 5.02. The smallest absolute Gasteiger partial charge is 0.334 e. The maximum atomic E-state index is 11.6. The van der Waals surface area contributed by atoms with Crippen molar-refractivity contribution in [3.8, 4) is 0 Å². The fraction of sp³-hybridized carbons (Fsp3) is 0.429. The maximum Gasteiger partial charge on any atom is 0.334 e. The van der Waals surface area contributed by atoms with E-state index in [1.165, 1.54) is 5.57 Å². The van der Waals surface area contributed by atoms with Crippen molar-refractivity contribution in [2.45, 2.75) is 39.2 Å². The molecular weight excluding hydrogens is 343 g/mol. The second kappa shape index (κ2) is 7.51. The average Bonchev–Trinajstić information content (AvgIpc) is 2.69. The van der Waals surface area contributed by atoms with Crippen LogP contribution in [0.1, 0.15) is 33.1 Å². The SMILES string of the molecule is C/C(=C/I)CC1C=C(CC/C=C(\C)C=O)C(=O)O1. The van der Waals surface area contributed by atoms with Gasteiger partial charge in [-0.2, -0.15) is 0 Å².